The van der Waals surface area contributed by atoms with Crippen LogP contribution in [0.4, 0.5) is 10.9 Å². The van der Waals surface area contributed by atoms with E-state index >= 15 is 0 Å². The van der Waals surface area contributed by atoms with Gasteiger partial charge < -0.3 is 15.0 Å². The molecule has 0 radical (unpaired) electrons. The lowest BCUT2D eigenvalue weighted by Crippen LogP contribution is -2.31. The summed E-state index contributed by atoms with van der Waals surface area (Å²) in [5.41, 5.74) is 3.43. The minimum Gasteiger partial charge on any atom is -0.496 e. The summed E-state index contributed by atoms with van der Waals surface area (Å²) in [6.07, 6.45) is 1.85. The number of carbonyl (C=O) groups is 1. The maximum absolute atomic E-state index is 13.3. The highest BCUT2D eigenvalue weighted by atomic mass is 32.1. The number of anilines is 2. The van der Waals surface area contributed by atoms with Crippen LogP contribution in [0.2, 0.25) is 0 Å². The third-order valence-corrected chi connectivity index (χ3v) is 6.00. The van der Waals surface area contributed by atoms with Gasteiger partial charge in [0.15, 0.2) is 5.13 Å². The number of rotatable bonds is 5. The zero-order chi connectivity index (χ0) is 20.4. The zero-order valence-corrected chi connectivity index (χ0v) is 17.6. The number of carbonyl (C=O) groups excluding carboxylic acids is 1. The summed E-state index contributed by atoms with van der Waals surface area (Å²) in [4.78, 5) is 24.5. The molecule has 1 aliphatic rings. The first-order chi connectivity index (χ1) is 14.1. The van der Waals surface area contributed by atoms with Gasteiger partial charge in [0.1, 0.15) is 11.6 Å². The third kappa shape index (κ3) is 3.96. The van der Waals surface area contributed by atoms with Crippen LogP contribution in [0.5, 0.6) is 5.75 Å². The molecule has 0 unspecified atom stereocenters. The molecule has 2 aromatic heterocycles. The number of ether oxygens (including phenoxy) is 1. The number of aromatic nitrogens is 2. The summed E-state index contributed by atoms with van der Waals surface area (Å²) in [5.74, 6) is 1.37. The van der Waals surface area contributed by atoms with E-state index in [-0.39, 0.29) is 11.9 Å². The van der Waals surface area contributed by atoms with E-state index < -0.39 is 0 Å². The second kappa shape index (κ2) is 8.21. The summed E-state index contributed by atoms with van der Waals surface area (Å²) in [6.45, 7) is 4.63. The molecule has 0 aliphatic carbocycles. The summed E-state index contributed by atoms with van der Waals surface area (Å²) < 4.78 is 5.51. The van der Waals surface area contributed by atoms with Crippen LogP contribution >= 0.6 is 11.3 Å². The second-order valence-electron chi connectivity index (χ2n) is 7.18. The monoisotopic (exact) mass is 408 g/mol. The lowest BCUT2D eigenvalue weighted by molar-refractivity contribution is 0.0729. The van der Waals surface area contributed by atoms with E-state index in [0.29, 0.717) is 17.9 Å². The Labute approximate surface area is 174 Å². The van der Waals surface area contributed by atoms with E-state index in [2.05, 4.69) is 10.3 Å². The molecule has 1 amide bonds. The largest absolute Gasteiger partial charge is 0.496 e. The van der Waals surface area contributed by atoms with Gasteiger partial charge >= 0.3 is 0 Å². The minimum absolute atomic E-state index is 0.0104. The van der Waals surface area contributed by atoms with Crippen LogP contribution in [0.1, 0.15) is 46.2 Å². The Balaban J connectivity index is 1.59. The van der Waals surface area contributed by atoms with Crippen LogP contribution in [0.15, 0.2) is 41.8 Å². The number of amides is 1. The number of benzene rings is 1. The van der Waals surface area contributed by atoms with Crippen LogP contribution < -0.4 is 10.1 Å². The van der Waals surface area contributed by atoms with Crippen molar-refractivity contribution >= 4 is 28.2 Å². The highest BCUT2D eigenvalue weighted by Crippen LogP contribution is 2.35. The van der Waals surface area contributed by atoms with Gasteiger partial charge in [-0.15, -0.1) is 11.3 Å². The molecule has 0 saturated carbocycles. The SMILES string of the molecule is COc1c(C)cccc1C(=O)N1CCC[C@@H]1c1cccc(Nc2nc(C)cs2)n1. The second-order valence-corrected chi connectivity index (χ2v) is 8.04. The molecule has 0 spiro atoms. The minimum atomic E-state index is -0.0486. The summed E-state index contributed by atoms with van der Waals surface area (Å²) in [7, 11) is 1.61. The Kier molecular flexibility index (Phi) is 5.49. The molecular weight excluding hydrogens is 384 g/mol. The Morgan fingerprint density at radius 1 is 1.21 bits per heavy atom. The number of aryl methyl sites for hydroxylation is 2. The quantitative estimate of drug-likeness (QED) is 0.651. The Morgan fingerprint density at radius 3 is 2.79 bits per heavy atom. The van der Waals surface area contributed by atoms with E-state index in [1.54, 1.807) is 18.4 Å². The fourth-order valence-corrected chi connectivity index (χ4v) is 4.49. The van der Waals surface area contributed by atoms with Gasteiger partial charge in [-0.05, 0) is 50.5 Å². The predicted molar refractivity (Wildman–Crippen MR) is 115 cm³/mol. The van der Waals surface area contributed by atoms with E-state index in [4.69, 9.17) is 9.72 Å². The summed E-state index contributed by atoms with van der Waals surface area (Å²) in [6, 6.07) is 11.5. The molecule has 6 nitrogen and oxygen atoms in total. The molecule has 3 aromatic rings. The number of nitrogens with one attached hydrogen (secondary N) is 1. The van der Waals surface area contributed by atoms with Crippen molar-refractivity contribution < 1.29 is 9.53 Å². The number of hydrogen-bond acceptors (Lipinski definition) is 6. The van der Waals surface area contributed by atoms with Crippen molar-refractivity contribution in [1.29, 1.82) is 0 Å². The van der Waals surface area contributed by atoms with Gasteiger partial charge in [0, 0.05) is 11.9 Å². The van der Waals surface area contributed by atoms with Crippen molar-refractivity contribution in [1.82, 2.24) is 14.9 Å². The topological polar surface area (TPSA) is 67.3 Å². The molecule has 0 bridgehead atoms. The van der Waals surface area contributed by atoms with Crippen molar-refractivity contribution in [3.63, 3.8) is 0 Å². The standard InChI is InChI=1S/C22H24N4O2S/c1-14-7-4-8-16(20(14)28-3)21(27)26-12-6-10-18(26)17-9-5-11-19(24-17)25-22-23-15(2)13-29-22/h4-5,7-9,11,13,18H,6,10,12H2,1-3H3,(H,23,24,25)/t18-/m1/s1. The van der Waals surface area contributed by atoms with Gasteiger partial charge in [-0.25, -0.2) is 9.97 Å². The van der Waals surface area contributed by atoms with Gasteiger partial charge in [0.05, 0.1) is 30.1 Å². The van der Waals surface area contributed by atoms with Gasteiger partial charge in [0.25, 0.3) is 5.91 Å². The van der Waals surface area contributed by atoms with Crippen LogP contribution in [0.3, 0.4) is 0 Å². The van der Waals surface area contributed by atoms with Gasteiger partial charge in [-0.2, -0.15) is 0 Å². The van der Waals surface area contributed by atoms with Gasteiger partial charge in [-0.1, -0.05) is 18.2 Å². The number of pyridine rings is 1. The van der Waals surface area contributed by atoms with Crippen molar-refractivity contribution in [3.8, 4) is 5.75 Å². The molecule has 4 rings (SSSR count). The van der Waals surface area contributed by atoms with Crippen LogP contribution in [0, 0.1) is 13.8 Å². The number of thiazole rings is 1. The molecule has 1 saturated heterocycles. The molecule has 1 aromatic carbocycles. The van der Waals surface area contributed by atoms with Crippen molar-refractivity contribution in [2.45, 2.75) is 32.7 Å². The lowest BCUT2D eigenvalue weighted by Gasteiger charge is -2.25. The highest BCUT2D eigenvalue weighted by Gasteiger charge is 2.33. The summed E-state index contributed by atoms with van der Waals surface area (Å²) in [5, 5.41) is 6.08. The fraction of sp³-hybridized carbons (Fsp3) is 0.318. The van der Waals surface area contributed by atoms with E-state index in [0.717, 1.165) is 40.7 Å². The lowest BCUT2D eigenvalue weighted by atomic mass is 10.1. The number of likely N-dealkylation sites (tertiary alicyclic amines) is 1. The molecular formula is C22H24N4O2S. The van der Waals surface area contributed by atoms with Crippen LogP contribution in [0.25, 0.3) is 0 Å². The molecule has 150 valence electrons. The molecule has 29 heavy (non-hydrogen) atoms. The van der Waals surface area contributed by atoms with Gasteiger partial charge in [-0.3, -0.25) is 4.79 Å². The molecule has 3 heterocycles. The Morgan fingerprint density at radius 2 is 2.03 bits per heavy atom. The Hall–Kier alpha value is -2.93. The highest BCUT2D eigenvalue weighted by molar-refractivity contribution is 7.13. The van der Waals surface area contributed by atoms with Crippen molar-refractivity contribution in [2.24, 2.45) is 0 Å². The van der Waals surface area contributed by atoms with E-state index in [9.17, 15) is 4.79 Å². The molecule has 1 N–H and O–H groups in total. The number of methoxy groups -OCH3 is 1. The third-order valence-electron chi connectivity index (χ3n) is 5.13. The maximum atomic E-state index is 13.3. The first kappa shape index (κ1) is 19.4. The van der Waals surface area contributed by atoms with Crippen LogP contribution in [-0.4, -0.2) is 34.4 Å². The molecule has 1 fully saturated rings. The first-order valence-electron chi connectivity index (χ1n) is 9.67. The predicted octanol–water partition coefficient (Wildman–Crippen LogP) is 4.88. The molecule has 1 aliphatic heterocycles. The zero-order valence-electron chi connectivity index (χ0n) is 16.8. The molecule has 1 atom stereocenters. The fourth-order valence-electron chi connectivity index (χ4n) is 3.79. The number of hydrogen-bond donors (Lipinski definition) is 1. The average Bonchev–Trinajstić information content (AvgIpc) is 3.36. The maximum Gasteiger partial charge on any atom is 0.258 e. The molecule has 7 heteroatoms. The van der Waals surface area contributed by atoms with Crippen molar-refractivity contribution in [2.75, 3.05) is 19.0 Å². The summed E-state index contributed by atoms with van der Waals surface area (Å²) >= 11 is 1.55. The first-order valence-corrected chi connectivity index (χ1v) is 10.6. The number of nitrogens with zero attached hydrogens (tertiary/aromatic N) is 3. The number of para-hydroxylation sites is 1. The van der Waals surface area contributed by atoms with E-state index in [1.165, 1.54) is 0 Å². The average molecular weight is 409 g/mol. The Bertz CT molecular complexity index is 1030. The van der Waals surface area contributed by atoms with Crippen LogP contribution in [-0.2, 0) is 0 Å². The van der Waals surface area contributed by atoms with E-state index in [1.807, 2.05) is 60.5 Å². The van der Waals surface area contributed by atoms with Crippen molar-refractivity contribution in [3.05, 3.63) is 64.3 Å². The smallest absolute Gasteiger partial charge is 0.258 e. The van der Waals surface area contributed by atoms with Gasteiger partial charge in [0.2, 0.25) is 0 Å². The normalized spacial score (nSPS) is 16.1.